The SMILES string of the molecule is N#Cc1ccc(-c2ccc(C3(c4ccccc4)c4ccccc4C4(c5ccccc5)c5ccccc5-c5cccc3c54)cc2)cc1.N#Cc1ccc(-c2cccc(C3(c4ccccc4)c4ccccc4C4(c5ccccc5)c5ccccc5-c5cccc3c54)c2)cc1.N#Cc1ccc(-c2ccccc2C2(c3ccccc3)c3ccccc3C3(c4ccccc4)c4ccccc4-c4cccc2c43)cc1. The first-order chi connectivity index (χ1) is 68.3. The maximum atomic E-state index is 9.57. The van der Waals surface area contributed by atoms with Crippen molar-refractivity contribution < 1.29 is 0 Å². The number of benzene rings is 21. The predicted octanol–water partition coefficient (Wildman–Crippen LogP) is 30.9. The second-order valence-electron chi connectivity index (χ2n) is 36.9. The lowest BCUT2D eigenvalue weighted by Gasteiger charge is -2.50. The Bertz CT molecular complexity index is 8490. The van der Waals surface area contributed by atoms with Gasteiger partial charge in [0.05, 0.1) is 67.4 Å². The molecule has 0 N–H and O–H groups in total. The molecule has 6 atom stereocenters. The Balaban J connectivity index is 0.000000110. The molecular weight excluding hydrogens is 1660 g/mol. The van der Waals surface area contributed by atoms with Gasteiger partial charge in [-0.2, -0.15) is 15.8 Å². The third kappa shape index (κ3) is 11.6. The van der Waals surface area contributed by atoms with Gasteiger partial charge in [0, 0.05) is 0 Å². The van der Waals surface area contributed by atoms with Crippen LogP contribution in [0.4, 0.5) is 0 Å². The maximum Gasteiger partial charge on any atom is 0.0991 e. The van der Waals surface area contributed by atoms with Gasteiger partial charge >= 0.3 is 0 Å². The lowest BCUT2D eigenvalue weighted by molar-refractivity contribution is 0.627. The first kappa shape index (κ1) is 82.0. The van der Waals surface area contributed by atoms with Crippen LogP contribution < -0.4 is 0 Å². The minimum absolute atomic E-state index is 0.443. The highest BCUT2D eigenvalue weighted by molar-refractivity contribution is 5.97. The quantitative estimate of drug-likeness (QED) is 0.122. The molecule has 0 heterocycles. The van der Waals surface area contributed by atoms with Crippen molar-refractivity contribution >= 4 is 0 Å². The van der Waals surface area contributed by atoms with Crippen LogP contribution in [0.3, 0.4) is 0 Å². The predicted molar refractivity (Wildman–Crippen MR) is 557 cm³/mol. The molecular formula is C135H87N3. The molecule has 6 aliphatic rings. The summed E-state index contributed by atoms with van der Waals surface area (Å²) in [5.41, 5.74) is 44.5. The number of hydrogen-bond donors (Lipinski definition) is 0. The molecule has 0 amide bonds. The molecule has 3 nitrogen and oxygen atoms in total. The Morgan fingerprint density at radius 1 is 0.123 bits per heavy atom. The Morgan fingerprint density at radius 2 is 0.326 bits per heavy atom. The van der Waals surface area contributed by atoms with Crippen LogP contribution in [-0.2, 0) is 32.5 Å². The number of nitrogens with zero attached hydrogens (tertiary/aromatic N) is 3. The fourth-order valence-corrected chi connectivity index (χ4v) is 25.6. The van der Waals surface area contributed by atoms with Crippen molar-refractivity contribution in [2.24, 2.45) is 0 Å². The van der Waals surface area contributed by atoms with Crippen LogP contribution in [0.2, 0.25) is 0 Å². The normalized spacial score (nSPS) is 18.6. The van der Waals surface area contributed by atoms with E-state index < -0.39 is 32.5 Å². The smallest absolute Gasteiger partial charge is 0.0991 e. The Kier molecular flexibility index (Phi) is 19.5. The molecule has 0 fully saturated rings. The highest BCUT2D eigenvalue weighted by Crippen LogP contribution is 2.71. The largest absolute Gasteiger partial charge is 0.192 e. The molecule has 6 aliphatic carbocycles. The van der Waals surface area contributed by atoms with E-state index in [0.717, 1.165) is 33.4 Å². The van der Waals surface area contributed by atoms with Gasteiger partial charge in [-0.1, -0.05) is 485 Å². The van der Waals surface area contributed by atoms with Gasteiger partial charge in [0.25, 0.3) is 0 Å². The zero-order valence-electron chi connectivity index (χ0n) is 75.6. The molecule has 6 unspecified atom stereocenters. The summed E-state index contributed by atoms with van der Waals surface area (Å²) in [5.74, 6) is 0. The summed E-state index contributed by atoms with van der Waals surface area (Å²) in [6.45, 7) is 0. The molecule has 642 valence electrons. The molecule has 0 bridgehead atoms. The van der Waals surface area contributed by atoms with Crippen LogP contribution in [0.1, 0.15) is 150 Å². The fourth-order valence-electron chi connectivity index (χ4n) is 25.6. The Labute approximate surface area is 805 Å². The molecule has 0 spiro atoms. The molecule has 0 aromatic heterocycles. The van der Waals surface area contributed by atoms with E-state index in [4.69, 9.17) is 0 Å². The average Bonchev–Trinajstić information content (AvgIpc) is 1.45. The first-order valence-electron chi connectivity index (χ1n) is 47.5. The summed E-state index contributed by atoms with van der Waals surface area (Å²) in [4.78, 5) is 0. The van der Waals surface area contributed by atoms with Crippen LogP contribution in [0.15, 0.2) is 528 Å². The number of hydrogen-bond acceptors (Lipinski definition) is 3. The number of fused-ring (bicyclic) bond motifs is 15. The second-order valence-corrected chi connectivity index (χ2v) is 36.9. The molecule has 0 saturated heterocycles. The lowest BCUT2D eigenvalue weighted by atomic mass is 9.51. The third-order valence-corrected chi connectivity index (χ3v) is 30.8. The molecule has 0 aliphatic heterocycles. The van der Waals surface area contributed by atoms with Gasteiger partial charge in [0.1, 0.15) is 0 Å². The molecule has 0 saturated carbocycles. The number of rotatable bonds is 12. The van der Waals surface area contributed by atoms with Crippen LogP contribution in [-0.4, -0.2) is 0 Å². The third-order valence-electron chi connectivity index (χ3n) is 30.8. The van der Waals surface area contributed by atoms with E-state index in [1.807, 2.05) is 48.5 Å². The van der Waals surface area contributed by atoms with Gasteiger partial charge in [-0.25, -0.2) is 0 Å². The van der Waals surface area contributed by atoms with Crippen molar-refractivity contribution in [1.82, 2.24) is 0 Å². The molecule has 0 radical (unpaired) electrons. The van der Waals surface area contributed by atoms with Crippen molar-refractivity contribution in [2.75, 3.05) is 0 Å². The molecule has 138 heavy (non-hydrogen) atoms. The molecule has 21 aromatic carbocycles. The van der Waals surface area contributed by atoms with E-state index in [2.05, 4.69) is 497 Å². The van der Waals surface area contributed by atoms with E-state index in [0.29, 0.717) is 16.7 Å². The summed E-state index contributed by atoms with van der Waals surface area (Å²) in [5, 5.41) is 28.3. The summed E-state index contributed by atoms with van der Waals surface area (Å²) < 4.78 is 0. The topological polar surface area (TPSA) is 71.4 Å². The van der Waals surface area contributed by atoms with Crippen LogP contribution in [0, 0.1) is 34.0 Å². The van der Waals surface area contributed by atoms with Crippen LogP contribution >= 0.6 is 0 Å². The van der Waals surface area contributed by atoms with Gasteiger partial charge in [-0.3, -0.25) is 0 Å². The van der Waals surface area contributed by atoms with E-state index in [1.165, 1.54) is 167 Å². The Hall–Kier alpha value is -17.9. The highest BCUT2D eigenvalue weighted by Gasteiger charge is 2.62. The summed E-state index contributed by atoms with van der Waals surface area (Å²) >= 11 is 0. The molecule has 27 rings (SSSR count). The fraction of sp³-hybridized carbons (Fsp3) is 0.0444. The monoisotopic (exact) mass is 1750 g/mol. The second kappa shape index (κ2) is 32.8. The molecule has 21 aromatic rings. The van der Waals surface area contributed by atoms with Crippen molar-refractivity contribution in [3.05, 3.63) is 678 Å². The maximum absolute atomic E-state index is 9.57. The van der Waals surface area contributed by atoms with E-state index in [1.54, 1.807) is 0 Å². The summed E-state index contributed by atoms with van der Waals surface area (Å²) in [7, 11) is 0. The first-order valence-corrected chi connectivity index (χ1v) is 47.5. The minimum Gasteiger partial charge on any atom is -0.192 e. The van der Waals surface area contributed by atoms with Gasteiger partial charge in [0.15, 0.2) is 0 Å². The zero-order chi connectivity index (χ0) is 92.2. The lowest BCUT2D eigenvalue weighted by Crippen LogP contribution is -2.44. The minimum atomic E-state index is -0.617. The van der Waals surface area contributed by atoms with E-state index in [-0.39, 0.29) is 0 Å². The van der Waals surface area contributed by atoms with E-state index >= 15 is 0 Å². The average molecular weight is 1750 g/mol. The van der Waals surface area contributed by atoms with Gasteiger partial charge < -0.3 is 0 Å². The van der Waals surface area contributed by atoms with Gasteiger partial charge in [-0.05, 0) is 243 Å². The Morgan fingerprint density at radius 3 is 0.659 bits per heavy atom. The number of nitriles is 3. The van der Waals surface area contributed by atoms with E-state index in [9.17, 15) is 15.8 Å². The summed E-state index contributed by atoms with van der Waals surface area (Å²) in [6, 6.07) is 199. The van der Waals surface area contributed by atoms with Gasteiger partial charge in [0.2, 0.25) is 0 Å². The van der Waals surface area contributed by atoms with Crippen LogP contribution in [0.25, 0.3) is 66.8 Å². The summed E-state index contributed by atoms with van der Waals surface area (Å²) in [6.07, 6.45) is 0. The van der Waals surface area contributed by atoms with Crippen molar-refractivity contribution in [3.63, 3.8) is 0 Å². The van der Waals surface area contributed by atoms with Gasteiger partial charge in [-0.15, -0.1) is 0 Å². The highest BCUT2D eigenvalue weighted by atomic mass is 14.6. The van der Waals surface area contributed by atoms with Crippen molar-refractivity contribution in [1.29, 1.82) is 15.8 Å². The van der Waals surface area contributed by atoms with Crippen molar-refractivity contribution in [3.8, 4) is 85.0 Å². The molecule has 3 heteroatoms. The standard InChI is InChI=1S/3C45H29N/c46-30-31-26-28-32(29-27-31)35-18-7-9-21-38(35)44(33-14-3-1-4-15-33)40-23-11-12-24-41(40)45(34-16-5-2-6-17-34)39-22-10-8-19-36(39)37-20-13-25-42(44)43(37)45;46-30-31-25-27-32(28-26-31)33-13-11-18-36(29-33)44(34-14-3-1-4-15-34)40-22-9-10-23-41(40)45(35-16-5-2-6-17-35)39-21-8-7-19-37(39)38-20-12-24-42(44)43(38)45;46-30-31-22-24-32(25-23-31)33-26-28-36(29-27-33)44(34-12-3-1-4-13-34)40-19-9-10-20-41(40)45(35-14-5-2-6-15-35)39-18-8-7-16-37(39)38-17-11-21-42(44)43(38)45/h3*1-29H. The zero-order valence-corrected chi connectivity index (χ0v) is 75.6. The van der Waals surface area contributed by atoms with Crippen molar-refractivity contribution in [2.45, 2.75) is 32.5 Å². The van der Waals surface area contributed by atoms with Crippen LogP contribution in [0.5, 0.6) is 0 Å².